The first-order valence-corrected chi connectivity index (χ1v) is 10.3. The maximum absolute atomic E-state index is 12.0. The monoisotopic (exact) mass is 483 g/mol. The third kappa shape index (κ3) is 5.29. The van der Waals surface area contributed by atoms with E-state index in [0.29, 0.717) is 25.8 Å². The van der Waals surface area contributed by atoms with Crippen molar-refractivity contribution in [3.8, 4) is 11.4 Å². The number of hydrazone groups is 1. The normalized spacial score (nSPS) is 11.1. The summed E-state index contributed by atoms with van der Waals surface area (Å²) in [7, 11) is 0. The van der Waals surface area contributed by atoms with Crippen LogP contribution >= 0.6 is 46.4 Å². The molecule has 0 spiro atoms. The molecule has 1 aromatic heterocycles. The summed E-state index contributed by atoms with van der Waals surface area (Å²) in [5.74, 6) is -0.0638. The van der Waals surface area contributed by atoms with Gasteiger partial charge in [0, 0.05) is 27.0 Å². The number of nitrogens with zero attached hydrogens (tertiary/aromatic N) is 2. The lowest BCUT2D eigenvalue weighted by molar-refractivity contribution is -0.123. The number of halogens is 4. The number of carbonyl (C=O) groups is 1. The summed E-state index contributed by atoms with van der Waals surface area (Å²) < 4.78 is 7.35. The number of rotatable bonds is 6. The van der Waals surface area contributed by atoms with Crippen LogP contribution in [0.25, 0.3) is 5.69 Å². The molecular weight excluding hydrogens is 468 g/mol. The van der Waals surface area contributed by atoms with Crippen LogP contribution in [0.15, 0.2) is 47.6 Å². The molecular formula is C21H17Cl4N3O2. The molecule has 1 amide bonds. The second kappa shape index (κ2) is 9.75. The van der Waals surface area contributed by atoms with Gasteiger partial charge in [-0.1, -0.05) is 46.4 Å². The van der Waals surface area contributed by atoms with E-state index < -0.39 is 5.91 Å². The topological polar surface area (TPSA) is 55.6 Å². The molecule has 30 heavy (non-hydrogen) atoms. The smallest absolute Gasteiger partial charge is 0.277 e. The van der Waals surface area contributed by atoms with Crippen LogP contribution in [0.3, 0.4) is 0 Å². The molecule has 0 unspecified atom stereocenters. The summed E-state index contributed by atoms with van der Waals surface area (Å²) in [6, 6.07) is 12.0. The molecule has 0 saturated heterocycles. The summed E-state index contributed by atoms with van der Waals surface area (Å²) in [4.78, 5) is 12.0. The Balaban J connectivity index is 1.66. The summed E-state index contributed by atoms with van der Waals surface area (Å²) in [6.45, 7) is 3.64. The average Bonchev–Trinajstić information content (AvgIpc) is 2.96. The molecule has 0 saturated carbocycles. The van der Waals surface area contributed by atoms with Crippen LogP contribution in [0.4, 0.5) is 0 Å². The maximum Gasteiger partial charge on any atom is 0.277 e. The second-order valence-corrected chi connectivity index (χ2v) is 8.10. The zero-order valence-electron chi connectivity index (χ0n) is 16.0. The minimum Gasteiger partial charge on any atom is -0.482 e. The average molecular weight is 485 g/mol. The summed E-state index contributed by atoms with van der Waals surface area (Å²) in [5.41, 5.74) is 5.88. The molecule has 0 atom stereocenters. The molecule has 0 radical (unpaired) electrons. The van der Waals surface area contributed by atoms with E-state index in [1.807, 2.05) is 24.5 Å². The zero-order chi connectivity index (χ0) is 21.8. The van der Waals surface area contributed by atoms with Crippen LogP contribution in [0.2, 0.25) is 20.1 Å². The molecule has 0 aliphatic rings. The highest BCUT2D eigenvalue weighted by Crippen LogP contribution is 2.29. The van der Waals surface area contributed by atoms with Gasteiger partial charge in [0.25, 0.3) is 5.91 Å². The van der Waals surface area contributed by atoms with Crippen molar-refractivity contribution in [1.82, 2.24) is 9.99 Å². The Labute approximate surface area is 194 Å². The predicted octanol–water partition coefficient (Wildman–Crippen LogP) is 6.24. The molecule has 3 rings (SSSR count). The van der Waals surface area contributed by atoms with Crippen molar-refractivity contribution in [2.75, 3.05) is 6.61 Å². The van der Waals surface area contributed by atoms with Gasteiger partial charge in [0.1, 0.15) is 5.75 Å². The van der Waals surface area contributed by atoms with Gasteiger partial charge in [-0.3, -0.25) is 4.79 Å². The third-order valence-corrected chi connectivity index (χ3v) is 5.35. The third-order valence-electron chi connectivity index (χ3n) is 4.26. The fourth-order valence-electron chi connectivity index (χ4n) is 2.89. The van der Waals surface area contributed by atoms with Gasteiger partial charge in [-0.2, -0.15) is 5.10 Å². The first-order valence-electron chi connectivity index (χ1n) is 8.80. The highest BCUT2D eigenvalue weighted by atomic mass is 35.5. The lowest BCUT2D eigenvalue weighted by Crippen LogP contribution is -2.24. The molecule has 2 aromatic carbocycles. The van der Waals surface area contributed by atoms with E-state index in [1.54, 1.807) is 36.5 Å². The predicted molar refractivity (Wildman–Crippen MR) is 123 cm³/mol. The first-order chi connectivity index (χ1) is 14.3. The van der Waals surface area contributed by atoms with Gasteiger partial charge < -0.3 is 9.30 Å². The van der Waals surface area contributed by atoms with E-state index in [-0.39, 0.29) is 6.61 Å². The highest BCUT2D eigenvalue weighted by molar-refractivity contribution is 6.35. The molecule has 0 aliphatic heterocycles. The summed E-state index contributed by atoms with van der Waals surface area (Å²) in [5, 5.41) is 5.99. The van der Waals surface area contributed by atoms with Crippen molar-refractivity contribution in [3.05, 3.63) is 79.5 Å². The van der Waals surface area contributed by atoms with Gasteiger partial charge in [0.2, 0.25) is 0 Å². The van der Waals surface area contributed by atoms with Crippen molar-refractivity contribution in [3.63, 3.8) is 0 Å². The Bertz CT molecular complexity index is 1130. The number of hydrogen-bond donors (Lipinski definition) is 1. The molecule has 9 heteroatoms. The molecule has 5 nitrogen and oxygen atoms in total. The van der Waals surface area contributed by atoms with E-state index in [9.17, 15) is 4.79 Å². The molecule has 0 bridgehead atoms. The van der Waals surface area contributed by atoms with Crippen molar-refractivity contribution in [2.24, 2.45) is 5.10 Å². The van der Waals surface area contributed by atoms with Gasteiger partial charge in [0.05, 0.1) is 21.9 Å². The van der Waals surface area contributed by atoms with Crippen LogP contribution < -0.4 is 10.2 Å². The van der Waals surface area contributed by atoms with Crippen molar-refractivity contribution >= 4 is 58.5 Å². The minimum absolute atomic E-state index is 0.240. The Morgan fingerprint density at radius 1 is 1.03 bits per heavy atom. The molecule has 156 valence electrons. The van der Waals surface area contributed by atoms with Crippen LogP contribution in [-0.4, -0.2) is 23.3 Å². The Hall–Kier alpha value is -2.18. The highest BCUT2D eigenvalue weighted by Gasteiger charge is 2.13. The Morgan fingerprint density at radius 2 is 1.73 bits per heavy atom. The number of hydrogen-bond acceptors (Lipinski definition) is 3. The number of ether oxygens (including phenoxy) is 1. The number of aryl methyl sites for hydroxylation is 1. The number of carbonyl (C=O) groups excluding carboxylic acids is 1. The SMILES string of the molecule is Cc1cc(/C=N/NC(=O)COc2ccc(Cl)cc2Cl)c(C)n1-c1cc(Cl)ccc1Cl. The lowest BCUT2D eigenvalue weighted by atomic mass is 10.2. The lowest BCUT2D eigenvalue weighted by Gasteiger charge is -2.12. The van der Waals surface area contributed by atoms with E-state index in [0.717, 1.165) is 22.6 Å². The standard InChI is InChI=1S/C21H17Cl4N3O2/c1-12-7-14(13(2)28(12)19-9-16(23)3-5-17(19)24)10-26-27-21(29)11-30-20-6-4-15(22)8-18(20)25/h3-10H,11H2,1-2H3,(H,27,29)/b26-10+. The minimum atomic E-state index is -0.427. The van der Waals surface area contributed by atoms with Gasteiger partial charge in [-0.15, -0.1) is 0 Å². The molecule has 3 aromatic rings. The van der Waals surface area contributed by atoms with Gasteiger partial charge in [-0.25, -0.2) is 5.43 Å². The van der Waals surface area contributed by atoms with Gasteiger partial charge in [-0.05, 0) is 56.3 Å². The number of nitrogens with one attached hydrogen (secondary N) is 1. The second-order valence-electron chi connectivity index (χ2n) is 6.41. The first kappa shape index (κ1) is 22.5. The molecule has 1 heterocycles. The van der Waals surface area contributed by atoms with Crippen molar-refractivity contribution in [1.29, 1.82) is 0 Å². The van der Waals surface area contributed by atoms with Crippen LogP contribution in [0.1, 0.15) is 17.0 Å². The largest absolute Gasteiger partial charge is 0.482 e. The fourth-order valence-corrected chi connectivity index (χ4v) is 3.72. The van der Waals surface area contributed by atoms with E-state index in [2.05, 4.69) is 10.5 Å². The number of benzene rings is 2. The summed E-state index contributed by atoms with van der Waals surface area (Å²) in [6.07, 6.45) is 1.56. The molecule has 1 N–H and O–H groups in total. The van der Waals surface area contributed by atoms with Gasteiger partial charge in [0.15, 0.2) is 6.61 Å². The maximum atomic E-state index is 12.0. The quantitative estimate of drug-likeness (QED) is 0.332. The number of amides is 1. The zero-order valence-corrected chi connectivity index (χ0v) is 19.1. The summed E-state index contributed by atoms with van der Waals surface area (Å²) >= 11 is 24.3. The van der Waals surface area contributed by atoms with E-state index >= 15 is 0 Å². The van der Waals surface area contributed by atoms with E-state index in [1.165, 1.54) is 6.07 Å². The van der Waals surface area contributed by atoms with E-state index in [4.69, 9.17) is 51.1 Å². The number of aromatic nitrogens is 1. The van der Waals surface area contributed by atoms with Crippen LogP contribution in [0.5, 0.6) is 5.75 Å². The molecule has 0 aliphatic carbocycles. The van der Waals surface area contributed by atoms with Crippen molar-refractivity contribution in [2.45, 2.75) is 13.8 Å². The Morgan fingerprint density at radius 3 is 2.47 bits per heavy atom. The van der Waals surface area contributed by atoms with Crippen molar-refractivity contribution < 1.29 is 9.53 Å². The van der Waals surface area contributed by atoms with Crippen LogP contribution in [-0.2, 0) is 4.79 Å². The Kier molecular flexibility index (Phi) is 7.32. The fraction of sp³-hybridized carbons (Fsp3) is 0.143. The van der Waals surface area contributed by atoms with Crippen LogP contribution in [0, 0.1) is 13.8 Å². The van der Waals surface area contributed by atoms with Gasteiger partial charge >= 0.3 is 0 Å². The molecule has 0 fully saturated rings.